The van der Waals surface area contributed by atoms with Gasteiger partial charge in [0.15, 0.2) is 0 Å². The molecule has 0 unspecified atom stereocenters. The molecule has 0 spiro atoms. The summed E-state index contributed by atoms with van der Waals surface area (Å²) in [6.45, 7) is 1.000. The van der Waals surface area contributed by atoms with Gasteiger partial charge in [0.05, 0.1) is 26.0 Å². The molecule has 0 fully saturated rings. The monoisotopic (exact) mass is 427 g/mol. The van der Waals surface area contributed by atoms with Crippen molar-refractivity contribution in [1.29, 1.82) is 0 Å². The molecule has 2 heterocycles. The fourth-order valence-electron chi connectivity index (χ4n) is 3.34. The molecule has 30 heavy (non-hydrogen) atoms. The average molecular weight is 427 g/mol. The predicted molar refractivity (Wildman–Crippen MR) is 97.3 cm³/mol. The largest absolute Gasteiger partial charge is 1.00 e. The number of methoxy groups -OCH3 is 1. The molecule has 0 amide bonds. The summed E-state index contributed by atoms with van der Waals surface area (Å²) < 4.78 is 12.1. The Labute approximate surface area is 195 Å². The molecule has 156 valence electrons. The van der Waals surface area contributed by atoms with Gasteiger partial charge in [-0.3, -0.25) is 0 Å². The topological polar surface area (TPSA) is 150 Å². The number of carboxylic acid groups (broad SMARTS) is 1. The third-order valence-corrected chi connectivity index (χ3v) is 4.96. The molecule has 1 aromatic carbocycles. The molecule has 0 radical (unpaired) electrons. The number of para-hydroxylation sites is 1. The first-order valence-corrected chi connectivity index (χ1v) is 8.99. The third kappa shape index (κ3) is 4.85. The number of ether oxygens (including phenoxy) is 2. The fraction of sp³-hybridized carbons (Fsp3) is 0.421. The van der Waals surface area contributed by atoms with Gasteiger partial charge in [-0.25, -0.2) is 4.68 Å². The summed E-state index contributed by atoms with van der Waals surface area (Å²) >= 11 is 0. The summed E-state index contributed by atoms with van der Waals surface area (Å²) in [5.74, 6) is -1.97. The zero-order valence-corrected chi connectivity index (χ0v) is 18.9. The van der Waals surface area contributed by atoms with Gasteiger partial charge in [-0.05, 0) is 18.2 Å². The van der Waals surface area contributed by atoms with Gasteiger partial charge in [-0.15, -0.1) is 5.10 Å². The van der Waals surface area contributed by atoms with E-state index in [0.717, 1.165) is 0 Å². The van der Waals surface area contributed by atoms with Crippen molar-refractivity contribution in [3.05, 3.63) is 42.3 Å². The summed E-state index contributed by atoms with van der Waals surface area (Å²) in [4.78, 5) is 11.4. The molecular formula is C19H22N3NaO7. The number of carbonyl (C=O) groups is 1. The number of allylic oxidation sites excluding steroid dienone is 1. The SMILES string of the molecule is COc1ccccc1-c1cn([C@H]2C=C(C(=O)[O-])O[C@@H]([C@H](O)[C@H](O)CO)[C@@H]2C)nn1.[Na+]. The van der Waals surface area contributed by atoms with E-state index in [1.54, 1.807) is 19.2 Å². The van der Waals surface area contributed by atoms with Crippen molar-refractivity contribution < 1.29 is 64.3 Å². The second-order valence-corrected chi connectivity index (χ2v) is 6.78. The summed E-state index contributed by atoms with van der Waals surface area (Å²) in [5, 5.41) is 48.8. The maximum absolute atomic E-state index is 11.4. The molecule has 1 aliphatic heterocycles. The molecule has 3 rings (SSSR count). The molecule has 1 aromatic heterocycles. The van der Waals surface area contributed by atoms with Crippen LogP contribution in [-0.2, 0) is 9.53 Å². The molecule has 11 heteroatoms. The predicted octanol–water partition coefficient (Wildman–Crippen LogP) is -4.12. The number of aliphatic hydroxyl groups excluding tert-OH is 3. The number of carbonyl (C=O) groups excluding carboxylic acids is 1. The van der Waals surface area contributed by atoms with E-state index in [-0.39, 0.29) is 29.6 Å². The van der Waals surface area contributed by atoms with E-state index in [4.69, 9.17) is 14.6 Å². The van der Waals surface area contributed by atoms with Crippen LogP contribution < -0.4 is 39.4 Å². The van der Waals surface area contributed by atoms with Gasteiger partial charge in [-0.1, -0.05) is 24.3 Å². The van der Waals surface area contributed by atoms with Gasteiger partial charge >= 0.3 is 29.6 Å². The molecule has 0 saturated carbocycles. The number of carboxylic acids is 1. The van der Waals surface area contributed by atoms with E-state index in [0.29, 0.717) is 17.0 Å². The van der Waals surface area contributed by atoms with Crippen molar-refractivity contribution in [2.24, 2.45) is 5.92 Å². The number of rotatable bonds is 7. The van der Waals surface area contributed by atoms with Crippen molar-refractivity contribution in [2.75, 3.05) is 13.7 Å². The van der Waals surface area contributed by atoms with Crippen molar-refractivity contribution in [3.63, 3.8) is 0 Å². The second kappa shape index (κ2) is 10.4. The van der Waals surface area contributed by atoms with Crippen molar-refractivity contribution in [3.8, 4) is 17.0 Å². The minimum Gasteiger partial charge on any atom is -0.542 e. The van der Waals surface area contributed by atoms with E-state index in [1.807, 2.05) is 18.2 Å². The molecule has 2 aromatic rings. The van der Waals surface area contributed by atoms with Crippen LogP contribution in [0.5, 0.6) is 5.75 Å². The Bertz CT molecular complexity index is 904. The summed E-state index contributed by atoms with van der Waals surface area (Å²) in [7, 11) is 1.54. The minimum atomic E-state index is -1.57. The van der Waals surface area contributed by atoms with Crippen molar-refractivity contribution in [2.45, 2.75) is 31.3 Å². The Hall–Kier alpha value is -1.95. The van der Waals surface area contributed by atoms with Crippen LogP contribution >= 0.6 is 0 Å². The van der Waals surface area contributed by atoms with E-state index in [2.05, 4.69) is 10.3 Å². The van der Waals surface area contributed by atoms with Crippen LogP contribution in [0.25, 0.3) is 11.3 Å². The zero-order valence-electron chi connectivity index (χ0n) is 16.9. The molecule has 3 N–H and O–H groups in total. The van der Waals surface area contributed by atoms with E-state index >= 15 is 0 Å². The Kier molecular flexibility index (Phi) is 8.42. The fourth-order valence-corrected chi connectivity index (χ4v) is 3.34. The number of hydrogen-bond donors (Lipinski definition) is 3. The Balaban J connectivity index is 0.00000320. The number of hydrogen-bond acceptors (Lipinski definition) is 9. The maximum Gasteiger partial charge on any atom is 1.00 e. The molecule has 0 bridgehead atoms. The molecule has 5 atom stereocenters. The number of aromatic nitrogens is 3. The Morgan fingerprint density at radius 2 is 2.07 bits per heavy atom. The zero-order chi connectivity index (χ0) is 21.1. The van der Waals surface area contributed by atoms with Crippen LogP contribution in [0.1, 0.15) is 13.0 Å². The van der Waals surface area contributed by atoms with E-state index in [9.17, 15) is 20.1 Å². The standard InChI is InChI=1S/C19H23N3O7.Na/c1-10-13(7-16(19(26)27)29-18(10)17(25)14(24)9-23)22-8-12(20-21-22)11-5-3-4-6-15(11)28-2;/h3-8,10,13-14,17-18,23-25H,9H2,1-2H3,(H,26,27);/q;+1/p-1/t10-,13+,14-,17-,18-;/m1./s1. The second-order valence-electron chi connectivity index (χ2n) is 6.78. The van der Waals surface area contributed by atoms with Crippen LogP contribution in [0.3, 0.4) is 0 Å². The maximum atomic E-state index is 11.4. The molecular weight excluding hydrogens is 405 g/mol. The first-order chi connectivity index (χ1) is 13.9. The van der Waals surface area contributed by atoms with Crippen LogP contribution in [0.4, 0.5) is 0 Å². The van der Waals surface area contributed by atoms with Gasteiger partial charge < -0.3 is 34.7 Å². The van der Waals surface area contributed by atoms with Crippen LogP contribution in [0.2, 0.25) is 0 Å². The normalized spacial score (nSPS) is 22.8. The van der Waals surface area contributed by atoms with Gasteiger partial charge in [-0.2, -0.15) is 0 Å². The average Bonchev–Trinajstić information content (AvgIpc) is 3.22. The summed E-state index contributed by atoms with van der Waals surface area (Å²) in [6, 6.07) is 6.58. The molecule has 0 saturated heterocycles. The number of nitrogens with zero attached hydrogens (tertiary/aromatic N) is 3. The van der Waals surface area contributed by atoms with Crippen LogP contribution in [0.15, 0.2) is 42.3 Å². The van der Waals surface area contributed by atoms with Crippen LogP contribution in [0, 0.1) is 5.92 Å². The van der Waals surface area contributed by atoms with Crippen molar-refractivity contribution >= 4 is 5.97 Å². The summed E-state index contributed by atoms with van der Waals surface area (Å²) in [5.41, 5.74) is 1.22. The Morgan fingerprint density at radius 3 is 2.70 bits per heavy atom. The van der Waals surface area contributed by atoms with Gasteiger partial charge in [0, 0.05) is 11.5 Å². The molecule has 1 aliphatic rings. The first-order valence-electron chi connectivity index (χ1n) is 8.99. The van der Waals surface area contributed by atoms with Gasteiger partial charge in [0.2, 0.25) is 0 Å². The molecule has 0 aliphatic carbocycles. The Morgan fingerprint density at radius 1 is 1.37 bits per heavy atom. The van der Waals surface area contributed by atoms with Gasteiger partial charge in [0.25, 0.3) is 0 Å². The van der Waals surface area contributed by atoms with Crippen molar-refractivity contribution in [1.82, 2.24) is 15.0 Å². The van der Waals surface area contributed by atoms with Gasteiger partial charge in [0.1, 0.15) is 41.5 Å². The first kappa shape index (κ1) is 24.3. The quantitative estimate of drug-likeness (QED) is 0.375. The van der Waals surface area contributed by atoms with E-state index in [1.165, 1.54) is 17.9 Å². The van der Waals surface area contributed by atoms with Crippen LogP contribution in [-0.4, -0.2) is 68.3 Å². The summed E-state index contributed by atoms with van der Waals surface area (Å²) in [6.07, 6.45) is -1.18. The smallest absolute Gasteiger partial charge is 0.542 e. The van der Waals surface area contributed by atoms with E-state index < -0.39 is 48.6 Å². The minimum absolute atomic E-state index is 0. The number of aliphatic carboxylic acids is 1. The number of benzene rings is 1. The molecule has 10 nitrogen and oxygen atoms in total. The number of aliphatic hydroxyl groups is 3. The third-order valence-electron chi connectivity index (χ3n) is 4.96.